The number of rotatable bonds is 4. The van der Waals surface area contributed by atoms with Crippen LogP contribution in [0.2, 0.25) is 0 Å². The summed E-state index contributed by atoms with van der Waals surface area (Å²) in [6.45, 7) is 13.7. The largest absolute Gasteiger partial charge is 0.673 e. The highest BCUT2D eigenvalue weighted by Crippen LogP contribution is 2.26. The lowest BCUT2D eigenvalue weighted by Crippen LogP contribution is -2.45. The summed E-state index contributed by atoms with van der Waals surface area (Å²) in [4.78, 5) is 0. The molecule has 0 saturated carbocycles. The lowest BCUT2D eigenvalue weighted by Gasteiger charge is -2.18. The van der Waals surface area contributed by atoms with Crippen molar-refractivity contribution in [3.05, 3.63) is 53.9 Å². The quantitative estimate of drug-likeness (QED) is 0.318. The smallest absolute Gasteiger partial charge is 0.418 e. The third-order valence-corrected chi connectivity index (χ3v) is 3.97. The van der Waals surface area contributed by atoms with E-state index >= 15 is 0 Å². The molecule has 2 aromatic rings. The first-order valence-electron chi connectivity index (χ1n) is 8.94. The van der Waals surface area contributed by atoms with Crippen molar-refractivity contribution in [2.24, 2.45) is 0 Å². The van der Waals surface area contributed by atoms with E-state index in [9.17, 15) is 17.3 Å². The lowest BCUT2D eigenvalue weighted by molar-refractivity contribution is -0.731. The lowest BCUT2D eigenvalue weighted by atomic mass is 9.96. The third kappa shape index (κ3) is 6.81. The molecular weight excluding hydrogens is 341 g/mol. The molecule has 0 amide bonds. The first kappa shape index (κ1) is 22.2. The Balaban J connectivity index is 0.000000597. The van der Waals surface area contributed by atoms with Gasteiger partial charge in [0, 0.05) is 24.0 Å². The van der Waals surface area contributed by atoms with Crippen molar-refractivity contribution in [2.75, 3.05) is 0 Å². The molecule has 0 N–H and O–H groups in total. The van der Waals surface area contributed by atoms with Crippen LogP contribution in [0.3, 0.4) is 0 Å². The van der Waals surface area contributed by atoms with Gasteiger partial charge in [-0.05, 0) is 25.0 Å². The average Bonchev–Trinajstić information content (AvgIpc) is 2.52. The zero-order valence-electron chi connectivity index (χ0n) is 16.3. The fraction of sp³-hybridized carbons (Fsp3) is 0.450. The maximum absolute atomic E-state index is 9.75. The van der Waals surface area contributed by atoms with Crippen LogP contribution in [0.4, 0.5) is 17.3 Å². The van der Waals surface area contributed by atoms with Gasteiger partial charge in [-0.15, -0.1) is 0 Å². The zero-order chi connectivity index (χ0) is 20.1. The van der Waals surface area contributed by atoms with E-state index in [4.69, 9.17) is 0 Å². The van der Waals surface area contributed by atoms with E-state index in [0.717, 1.165) is 0 Å². The molecule has 1 aromatic carbocycles. The summed E-state index contributed by atoms with van der Waals surface area (Å²) in [6.07, 6.45) is 0. The molecule has 0 spiro atoms. The van der Waals surface area contributed by atoms with Crippen LogP contribution in [0.1, 0.15) is 70.8 Å². The summed E-state index contributed by atoms with van der Waals surface area (Å²) < 4.78 is 41.5. The van der Waals surface area contributed by atoms with Crippen molar-refractivity contribution in [3.8, 4) is 11.1 Å². The van der Waals surface area contributed by atoms with Crippen molar-refractivity contribution in [1.82, 2.24) is 0 Å². The van der Waals surface area contributed by atoms with E-state index in [2.05, 4.69) is 88.6 Å². The molecule has 1 heterocycles. The molecule has 0 aliphatic rings. The predicted octanol–water partition coefficient (Wildman–Crippen LogP) is 6.77. The monoisotopic (exact) mass is 369 g/mol. The summed E-state index contributed by atoms with van der Waals surface area (Å²) in [6, 6.07) is 15.9. The van der Waals surface area contributed by atoms with Crippen molar-refractivity contribution in [2.45, 2.75) is 59.4 Å². The van der Waals surface area contributed by atoms with E-state index in [1.165, 1.54) is 22.5 Å². The molecule has 0 aliphatic carbocycles. The van der Waals surface area contributed by atoms with E-state index in [-0.39, 0.29) is 0 Å². The normalized spacial score (nSPS) is 11.7. The van der Waals surface area contributed by atoms with Crippen LogP contribution < -0.4 is 4.57 Å². The maximum Gasteiger partial charge on any atom is 0.673 e. The minimum absolute atomic E-state index is 0.490. The number of halogens is 4. The molecule has 0 fully saturated rings. The van der Waals surface area contributed by atoms with Crippen molar-refractivity contribution < 1.29 is 21.8 Å². The second-order valence-electron chi connectivity index (χ2n) is 7.23. The van der Waals surface area contributed by atoms with Gasteiger partial charge in [0.05, 0.1) is 0 Å². The summed E-state index contributed by atoms with van der Waals surface area (Å²) in [5, 5.41) is 0. The summed E-state index contributed by atoms with van der Waals surface area (Å²) in [7, 11) is -6.00. The van der Waals surface area contributed by atoms with Gasteiger partial charge in [0.15, 0.2) is 17.4 Å². The highest BCUT2D eigenvalue weighted by Gasteiger charge is 2.25. The Morgan fingerprint density at radius 3 is 1.38 bits per heavy atom. The van der Waals surface area contributed by atoms with Crippen LogP contribution >= 0.6 is 0 Å². The molecule has 0 bridgehead atoms. The minimum Gasteiger partial charge on any atom is -0.418 e. The van der Waals surface area contributed by atoms with E-state index in [1.807, 2.05) is 0 Å². The first-order chi connectivity index (χ1) is 11.9. The van der Waals surface area contributed by atoms with Gasteiger partial charge < -0.3 is 17.3 Å². The zero-order valence-corrected chi connectivity index (χ0v) is 16.3. The molecule has 0 aliphatic heterocycles. The molecule has 0 radical (unpaired) electrons. The molecule has 26 heavy (non-hydrogen) atoms. The average molecular weight is 369 g/mol. The van der Waals surface area contributed by atoms with Gasteiger partial charge in [-0.2, -0.15) is 4.57 Å². The Labute approximate surface area is 154 Å². The fourth-order valence-corrected chi connectivity index (χ4v) is 2.93. The highest BCUT2D eigenvalue weighted by atomic mass is 19.5. The molecule has 0 saturated heterocycles. The van der Waals surface area contributed by atoms with Gasteiger partial charge in [0.2, 0.25) is 0 Å². The number of hydrogen-bond donors (Lipinski definition) is 0. The van der Waals surface area contributed by atoms with Crippen LogP contribution in [0, 0.1) is 0 Å². The number of aromatic nitrogens is 1. The number of nitrogens with zero attached hydrogens (tertiary/aromatic N) is 1. The van der Waals surface area contributed by atoms with Crippen molar-refractivity contribution in [3.63, 3.8) is 0 Å². The summed E-state index contributed by atoms with van der Waals surface area (Å²) in [5.41, 5.74) is 5.49. The predicted molar refractivity (Wildman–Crippen MR) is 101 cm³/mol. The number of hydrogen-bond acceptors (Lipinski definition) is 0. The van der Waals surface area contributed by atoms with Gasteiger partial charge in [0.25, 0.3) is 0 Å². The van der Waals surface area contributed by atoms with E-state index in [1.54, 1.807) is 0 Å². The first-order valence-corrected chi connectivity index (χ1v) is 8.94. The van der Waals surface area contributed by atoms with Gasteiger partial charge in [-0.25, -0.2) is 0 Å². The Kier molecular flexibility index (Phi) is 7.85. The number of pyridine rings is 1. The van der Waals surface area contributed by atoms with Crippen molar-refractivity contribution >= 4 is 7.25 Å². The molecular formula is C20H28BF4N. The molecule has 0 unspecified atom stereocenters. The van der Waals surface area contributed by atoms with Gasteiger partial charge in [-0.3, -0.25) is 0 Å². The van der Waals surface area contributed by atoms with Gasteiger partial charge in [-0.1, -0.05) is 58.0 Å². The van der Waals surface area contributed by atoms with Crippen LogP contribution in [-0.2, 0) is 0 Å². The second-order valence-corrected chi connectivity index (χ2v) is 7.23. The van der Waals surface area contributed by atoms with Crippen LogP contribution in [0.25, 0.3) is 11.1 Å². The Bertz CT molecular complexity index is 660. The molecule has 1 aromatic heterocycles. The maximum atomic E-state index is 9.75. The molecule has 2 rings (SSSR count). The van der Waals surface area contributed by atoms with Gasteiger partial charge >= 0.3 is 7.25 Å². The third-order valence-electron chi connectivity index (χ3n) is 3.97. The minimum atomic E-state index is -6.00. The highest BCUT2D eigenvalue weighted by molar-refractivity contribution is 6.50. The molecule has 0 atom stereocenters. The standard InChI is InChI=1S/C20H28N.BF4/c1-14(2)19-12-18(17-10-8-7-9-11-17)13-20(15(3)4)21(19)16(5)6;2-1(3,4)5/h7-16H,1-6H3;/q+1;-1. The summed E-state index contributed by atoms with van der Waals surface area (Å²) in [5.74, 6) is 1.04. The van der Waals surface area contributed by atoms with Crippen molar-refractivity contribution in [1.29, 1.82) is 0 Å². The Morgan fingerprint density at radius 1 is 0.692 bits per heavy atom. The van der Waals surface area contributed by atoms with Crippen LogP contribution in [0.5, 0.6) is 0 Å². The SMILES string of the molecule is CC(C)c1cc(-c2ccccc2)cc(C(C)C)[n+]1C(C)C.F[B-](F)(F)F. The van der Waals surface area contributed by atoms with E-state index in [0.29, 0.717) is 17.9 Å². The van der Waals surface area contributed by atoms with Crippen LogP contribution in [0.15, 0.2) is 42.5 Å². The van der Waals surface area contributed by atoms with E-state index < -0.39 is 7.25 Å². The Hall–Kier alpha value is -1.85. The topological polar surface area (TPSA) is 3.88 Å². The summed E-state index contributed by atoms with van der Waals surface area (Å²) >= 11 is 0. The Morgan fingerprint density at radius 2 is 1.08 bits per heavy atom. The van der Waals surface area contributed by atoms with Gasteiger partial charge in [0.1, 0.15) is 0 Å². The number of benzene rings is 1. The fourth-order valence-electron chi connectivity index (χ4n) is 2.93. The molecule has 1 nitrogen and oxygen atoms in total. The van der Waals surface area contributed by atoms with Crippen LogP contribution in [-0.4, -0.2) is 7.25 Å². The molecule has 6 heteroatoms. The molecule has 144 valence electrons. The second kappa shape index (κ2) is 9.20.